The molecule has 1 N–H and O–H groups in total. The average Bonchev–Trinajstić information content (AvgIpc) is 2.00. The summed E-state index contributed by atoms with van der Waals surface area (Å²) in [5.74, 6) is -1.31. The van der Waals surface area contributed by atoms with Crippen molar-refractivity contribution in [3.63, 3.8) is 0 Å². The van der Waals surface area contributed by atoms with Crippen LogP contribution >= 0.6 is 0 Å². The minimum absolute atomic E-state index is 0. The standard InChI is InChI=1S/C10H17NO4.ClH.Na/c1-8(2)10(14)15-6-5-11(3,4)7-9(12)13;;/h1,5-7H2,2-4H3;1H;. The van der Waals surface area contributed by atoms with Gasteiger partial charge in [0.25, 0.3) is 0 Å². The summed E-state index contributed by atoms with van der Waals surface area (Å²) in [6.07, 6.45) is 0. The number of carbonyl (C=O) groups excluding carboxylic acids is 1. The summed E-state index contributed by atoms with van der Waals surface area (Å²) in [4.78, 5) is 21.5. The van der Waals surface area contributed by atoms with Gasteiger partial charge in [-0.15, -0.1) is 0 Å². The van der Waals surface area contributed by atoms with E-state index in [9.17, 15) is 9.59 Å². The van der Waals surface area contributed by atoms with E-state index >= 15 is 0 Å². The van der Waals surface area contributed by atoms with Crippen molar-refractivity contribution in [3.05, 3.63) is 12.2 Å². The van der Waals surface area contributed by atoms with Crippen LogP contribution in [0.4, 0.5) is 0 Å². The number of quaternary nitrogens is 1. The Balaban J connectivity index is -0.000000980. The first-order valence-corrected chi connectivity index (χ1v) is 4.61. The topological polar surface area (TPSA) is 63.6 Å². The second-order valence-electron chi connectivity index (χ2n) is 4.13. The molecule has 0 spiro atoms. The van der Waals surface area contributed by atoms with Gasteiger partial charge in [0, 0.05) is 35.1 Å². The first-order chi connectivity index (χ1) is 6.74. The van der Waals surface area contributed by atoms with E-state index in [1.54, 1.807) is 21.0 Å². The Bertz CT molecular complexity index is 281. The molecule has 0 heterocycles. The molecule has 0 atom stereocenters. The van der Waals surface area contributed by atoms with Gasteiger partial charge in [0.2, 0.25) is 0 Å². The summed E-state index contributed by atoms with van der Waals surface area (Å²) in [5, 5.41) is 8.61. The summed E-state index contributed by atoms with van der Waals surface area (Å²) < 4.78 is 5.15. The summed E-state index contributed by atoms with van der Waals surface area (Å²) >= 11 is 0. The van der Waals surface area contributed by atoms with Crippen molar-refractivity contribution in [2.45, 2.75) is 6.92 Å². The number of nitrogens with zero attached hydrogens (tertiary/aromatic N) is 1. The molecule has 7 heteroatoms. The number of rotatable bonds is 6. The van der Waals surface area contributed by atoms with Crippen LogP contribution in [0, 0.1) is 0 Å². The number of likely N-dealkylation sites (N-methyl/N-ethyl adjacent to an activating group) is 1. The smallest absolute Gasteiger partial charge is 0.359 e. The van der Waals surface area contributed by atoms with Gasteiger partial charge >= 0.3 is 11.9 Å². The second kappa shape index (κ2) is 9.91. The molecule has 95 valence electrons. The number of ether oxygens (including phenoxy) is 1. The molecule has 0 saturated carbocycles. The molecule has 0 fully saturated rings. The van der Waals surface area contributed by atoms with Gasteiger partial charge in [0.05, 0.1) is 14.1 Å². The maximum Gasteiger partial charge on any atom is 0.359 e. The molecule has 0 saturated heterocycles. The van der Waals surface area contributed by atoms with Gasteiger partial charge in [-0.2, -0.15) is 0 Å². The summed E-state index contributed by atoms with van der Waals surface area (Å²) in [5.41, 5.74) is 0.346. The Kier molecular flexibility index (Phi) is 12.9. The molecule has 0 aliphatic carbocycles. The number of halogens is 1. The Morgan fingerprint density at radius 2 is 1.82 bits per heavy atom. The molecule has 0 aliphatic heterocycles. The van der Waals surface area contributed by atoms with Crippen LogP contribution in [0.15, 0.2) is 12.2 Å². The number of carbonyl (C=O) groups is 2. The van der Waals surface area contributed by atoms with Crippen molar-refractivity contribution in [2.24, 2.45) is 0 Å². The SMILES string of the molecule is C=C(C)C(=O)OCC[N+](C)(C)CC(=O)O.[Cl-].[Na]. The number of esters is 1. The van der Waals surface area contributed by atoms with Gasteiger partial charge in [-0.1, -0.05) is 6.58 Å². The number of aliphatic carboxylic acids is 1. The molecule has 0 rings (SSSR count). The van der Waals surface area contributed by atoms with E-state index in [1.807, 2.05) is 0 Å². The summed E-state index contributed by atoms with van der Waals surface area (Å²) in [6, 6.07) is 0. The normalized spacial score (nSPS) is 9.59. The van der Waals surface area contributed by atoms with Crippen molar-refractivity contribution in [3.8, 4) is 0 Å². The fraction of sp³-hybridized carbons (Fsp3) is 0.600. The van der Waals surface area contributed by atoms with Crippen LogP contribution in [-0.2, 0) is 14.3 Å². The van der Waals surface area contributed by atoms with E-state index in [-0.39, 0.29) is 59.6 Å². The first-order valence-electron chi connectivity index (χ1n) is 4.61. The zero-order valence-corrected chi connectivity index (χ0v) is 13.6. The third-order valence-corrected chi connectivity index (χ3v) is 1.84. The van der Waals surface area contributed by atoms with Crippen LogP contribution in [0.3, 0.4) is 0 Å². The fourth-order valence-corrected chi connectivity index (χ4v) is 0.954. The van der Waals surface area contributed by atoms with E-state index in [2.05, 4.69) is 6.58 Å². The largest absolute Gasteiger partial charge is 1.00 e. The number of carboxylic acid groups (broad SMARTS) is 1. The third-order valence-electron chi connectivity index (χ3n) is 1.84. The van der Waals surface area contributed by atoms with Crippen LogP contribution in [0.1, 0.15) is 6.92 Å². The third kappa shape index (κ3) is 12.2. The zero-order valence-electron chi connectivity index (χ0n) is 10.8. The predicted octanol–water partition coefficient (Wildman–Crippen LogP) is -3.11. The minimum Gasteiger partial charge on any atom is -1.00 e. The maximum atomic E-state index is 11.0. The minimum atomic E-state index is -0.869. The van der Waals surface area contributed by atoms with Gasteiger partial charge < -0.3 is 26.7 Å². The summed E-state index contributed by atoms with van der Waals surface area (Å²) in [6.45, 7) is 5.68. The molecule has 0 aliphatic rings. The Labute approximate surface area is 130 Å². The molecule has 17 heavy (non-hydrogen) atoms. The van der Waals surface area contributed by atoms with Crippen LogP contribution in [0.25, 0.3) is 0 Å². The number of hydrogen-bond donors (Lipinski definition) is 1. The molecular formula is C10H18ClNNaO4. The number of carboxylic acids is 1. The van der Waals surface area contributed by atoms with Crippen LogP contribution < -0.4 is 12.4 Å². The van der Waals surface area contributed by atoms with E-state index < -0.39 is 11.9 Å². The fourth-order valence-electron chi connectivity index (χ4n) is 0.954. The molecule has 5 nitrogen and oxygen atoms in total. The Morgan fingerprint density at radius 1 is 1.35 bits per heavy atom. The zero-order chi connectivity index (χ0) is 12.1. The van der Waals surface area contributed by atoms with Crippen molar-refractivity contribution in [1.29, 1.82) is 0 Å². The van der Waals surface area contributed by atoms with E-state index in [4.69, 9.17) is 9.84 Å². The molecule has 0 aromatic carbocycles. The number of hydrogen-bond acceptors (Lipinski definition) is 3. The predicted molar refractivity (Wildman–Crippen MR) is 61.0 cm³/mol. The van der Waals surface area contributed by atoms with E-state index in [1.165, 1.54) is 0 Å². The van der Waals surface area contributed by atoms with Crippen molar-refractivity contribution in [1.82, 2.24) is 0 Å². The molecule has 0 unspecified atom stereocenters. The van der Waals surface area contributed by atoms with Crippen molar-refractivity contribution in [2.75, 3.05) is 33.8 Å². The molecule has 0 amide bonds. The molecular weight excluding hydrogens is 257 g/mol. The monoisotopic (exact) mass is 274 g/mol. The van der Waals surface area contributed by atoms with E-state index in [0.29, 0.717) is 12.1 Å². The molecule has 0 bridgehead atoms. The Morgan fingerprint density at radius 3 is 2.18 bits per heavy atom. The van der Waals surface area contributed by atoms with Crippen molar-refractivity contribution < 1.29 is 36.3 Å². The average molecular weight is 275 g/mol. The van der Waals surface area contributed by atoms with Gasteiger partial charge in [0.15, 0.2) is 6.54 Å². The second-order valence-corrected chi connectivity index (χ2v) is 4.13. The van der Waals surface area contributed by atoms with Crippen LogP contribution in [0.2, 0.25) is 0 Å². The molecule has 0 aromatic rings. The molecule has 0 aromatic heterocycles. The summed E-state index contributed by atoms with van der Waals surface area (Å²) in [7, 11) is 3.53. The molecule has 1 radical (unpaired) electrons. The maximum absolute atomic E-state index is 11.0. The first kappa shape index (κ1) is 22.1. The Hall–Kier alpha value is -0.0700. The van der Waals surface area contributed by atoms with E-state index in [0.717, 1.165) is 0 Å². The van der Waals surface area contributed by atoms with Gasteiger partial charge in [-0.3, -0.25) is 0 Å². The van der Waals surface area contributed by atoms with Gasteiger partial charge in [0.1, 0.15) is 13.2 Å². The van der Waals surface area contributed by atoms with Gasteiger partial charge in [-0.05, 0) is 6.92 Å². The quantitative estimate of drug-likeness (QED) is 0.241. The van der Waals surface area contributed by atoms with Crippen LogP contribution in [0.5, 0.6) is 0 Å². The van der Waals surface area contributed by atoms with Crippen LogP contribution in [-0.4, -0.2) is 84.9 Å². The van der Waals surface area contributed by atoms with Gasteiger partial charge in [-0.25, -0.2) is 9.59 Å². The van der Waals surface area contributed by atoms with Crippen molar-refractivity contribution >= 4 is 41.5 Å².